The quantitative estimate of drug-likeness (QED) is 0.569. The lowest BCUT2D eigenvalue weighted by atomic mass is 9.96. The van der Waals surface area contributed by atoms with Crippen molar-refractivity contribution < 1.29 is 22.3 Å². The second kappa shape index (κ2) is 10.6. The number of rotatable bonds is 4. The molecule has 1 aliphatic rings. The average molecular weight is 506 g/mol. The molecule has 0 radical (unpaired) electrons. The number of hydrogen-bond donors (Lipinski definition) is 1. The summed E-state index contributed by atoms with van der Waals surface area (Å²) in [5.41, 5.74) is 1.52. The van der Waals surface area contributed by atoms with Gasteiger partial charge in [-0.05, 0) is 41.5 Å². The van der Waals surface area contributed by atoms with E-state index in [2.05, 4.69) is 30.9 Å². The second-order valence-corrected chi connectivity index (χ2v) is 6.92. The minimum absolute atomic E-state index is 0. The van der Waals surface area contributed by atoms with Gasteiger partial charge in [0.05, 0.1) is 6.04 Å². The third-order valence-corrected chi connectivity index (χ3v) is 4.60. The standard InChI is InChI=1S/C18H17BrF4N2O.2ClH/c19-14-9-13(10-15(20)11-14)17(25-7-5-24-6-8-25)12-1-3-16(4-2-12)26-18(21,22)23;;/h1-4,9-11,17,24H,5-8H2;2*1H/t17-;;/m1../s1. The minimum Gasteiger partial charge on any atom is -0.406 e. The van der Waals surface area contributed by atoms with Crippen LogP contribution in [0.25, 0.3) is 0 Å². The molecule has 1 heterocycles. The highest BCUT2D eigenvalue weighted by atomic mass is 79.9. The number of halogens is 7. The molecule has 3 rings (SSSR count). The van der Waals surface area contributed by atoms with E-state index in [-0.39, 0.29) is 42.4 Å². The van der Waals surface area contributed by atoms with Crippen LogP contribution in [0.2, 0.25) is 0 Å². The van der Waals surface area contributed by atoms with Crippen LogP contribution < -0.4 is 10.1 Å². The molecule has 0 spiro atoms. The molecule has 1 atom stereocenters. The van der Waals surface area contributed by atoms with Crippen LogP contribution in [0, 0.1) is 5.82 Å². The van der Waals surface area contributed by atoms with Gasteiger partial charge in [0, 0.05) is 30.7 Å². The number of alkyl halides is 3. The summed E-state index contributed by atoms with van der Waals surface area (Å²) in [4.78, 5) is 2.18. The van der Waals surface area contributed by atoms with Crippen molar-refractivity contribution in [2.75, 3.05) is 26.2 Å². The minimum atomic E-state index is -4.73. The Morgan fingerprint density at radius 1 is 0.964 bits per heavy atom. The normalized spacial score (nSPS) is 15.9. The van der Waals surface area contributed by atoms with Gasteiger partial charge in [-0.25, -0.2) is 4.39 Å². The topological polar surface area (TPSA) is 24.5 Å². The highest BCUT2D eigenvalue weighted by Gasteiger charge is 2.31. The second-order valence-electron chi connectivity index (χ2n) is 6.01. The van der Waals surface area contributed by atoms with E-state index in [4.69, 9.17) is 0 Å². The first-order valence-corrected chi connectivity index (χ1v) is 8.87. The highest BCUT2D eigenvalue weighted by Crippen LogP contribution is 2.33. The van der Waals surface area contributed by atoms with Crippen LogP contribution in [0.4, 0.5) is 17.6 Å². The fourth-order valence-electron chi connectivity index (χ4n) is 3.14. The SMILES string of the molecule is Cl.Cl.Fc1cc(Br)cc([C@@H](c2ccc(OC(F)(F)F)cc2)N2CCNCC2)c1. The molecule has 156 valence electrons. The first-order chi connectivity index (χ1) is 12.3. The van der Waals surface area contributed by atoms with Crippen molar-refractivity contribution in [2.45, 2.75) is 12.4 Å². The Balaban J connectivity index is 0.00000196. The lowest BCUT2D eigenvalue weighted by Crippen LogP contribution is -2.45. The van der Waals surface area contributed by atoms with E-state index in [0.29, 0.717) is 4.47 Å². The summed E-state index contributed by atoms with van der Waals surface area (Å²) in [6.07, 6.45) is -4.73. The third-order valence-electron chi connectivity index (χ3n) is 4.15. The Morgan fingerprint density at radius 2 is 1.57 bits per heavy atom. The lowest BCUT2D eigenvalue weighted by Gasteiger charge is -2.35. The van der Waals surface area contributed by atoms with Gasteiger partial charge in [0.1, 0.15) is 11.6 Å². The number of benzene rings is 2. The van der Waals surface area contributed by atoms with Crippen LogP contribution in [0.3, 0.4) is 0 Å². The molecule has 0 amide bonds. The molecule has 0 saturated carbocycles. The van der Waals surface area contributed by atoms with Crippen LogP contribution in [0.15, 0.2) is 46.9 Å². The van der Waals surface area contributed by atoms with E-state index < -0.39 is 6.36 Å². The third kappa shape index (κ3) is 6.77. The van der Waals surface area contributed by atoms with E-state index in [1.807, 2.05) is 6.07 Å². The summed E-state index contributed by atoms with van der Waals surface area (Å²) < 4.78 is 55.5. The molecule has 0 aliphatic carbocycles. The summed E-state index contributed by atoms with van der Waals surface area (Å²) in [5, 5.41) is 3.26. The Morgan fingerprint density at radius 3 is 2.11 bits per heavy atom. The lowest BCUT2D eigenvalue weighted by molar-refractivity contribution is -0.274. The van der Waals surface area contributed by atoms with Crippen molar-refractivity contribution in [1.29, 1.82) is 0 Å². The molecule has 1 saturated heterocycles. The van der Waals surface area contributed by atoms with Crippen LogP contribution in [-0.4, -0.2) is 37.4 Å². The largest absolute Gasteiger partial charge is 0.573 e. The van der Waals surface area contributed by atoms with Gasteiger partial charge in [0.15, 0.2) is 0 Å². The summed E-state index contributed by atoms with van der Waals surface area (Å²) >= 11 is 3.31. The van der Waals surface area contributed by atoms with Gasteiger partial charge in [0.2, 0.25) is 0 Å². The molecular formula is C18H19BrCl2F4N2O. The van der Waals surface area contributed by atoms with E-state index in [0.717, 1.165) is 37.3 Å². The smallest absolute Gasteiger partial charge is 0.406 e. The first-order valence-electron chi connectivity index (χ1n) is 8.08. The molecule has 0 aromatic heterocycles. The van der Waals surface area contributed by atoms with E-state index in [1.165, 1.54) is 24.3 Å². The molecule has 1 fully saturated rings. The molecular weight excluding hydrogens is 487 g/mol. The zero-order valence-electron chi connectivity index (χ0n) is 14.5. The van der Waals surface area contributed by atoms with Gasteiger partial charge in [-0.3, -0.25) is 4.90 Å². The predicted molar refractivity (Wildman–Crippen MR) is 108 cm³/mol. The number of nitrogens with zero attached hydrogens (tertiary/aromatic N) is 1. The number of nitrogens with one attached hydrogen (secondary N) is 1. The molecule has 2 aromatic carbocycles. The van der Waals surface area contributed by atoms with Crippen molar-refractivity contribution in [1.82, 2.24) is 10.2 Å². The first kappa shape index (κ1) is 25.0. The maximum absolute atomic E-state index is 13.9. The maximum Gasteiger partial charge on any atom is 0.573 e. The number of ether oxygens (including phenoxy) is 1. The van der Waals surface area contributed by atoms with E-state index in [1.54, 1.807) is 12.1 Å². The van der Waals surface area contributed by atoms with Crippen LogP contribution in [0.5, 0.6) is 5.75 Å². The monoisotopic (exact) mass is 504 g/mol. The fraction of sp³-hybridized carbons (Fsp3) is 0.333. The summed E-state index contributed by atoms with van der Waals surface area (Å²) in [6, 6.07) is 10.1. The Kier molecular flexibility index (Phi) is 9.49. The van der Waals surface area contributed by atoms with Gasteiger partial charge in [-0.2, -0.15) is 0 Å². The molecule has 1 N–H and O–H groups in total. The maximum atomic E-state index is 13.9. The van der Waals surface area contributed by atoms with Crippen LogP contribution >= 0.6 is 40.7 Å². The Bertz CT molecular complexity index is 736. The van der Waals surface area contributed by atoms with Crippen LogP contribution in [0.1, 0.15) is 17.2 Å². The molecule has 0 bridgehead atoms. The molecule has 2 aromatic rings. The fourth-order valence-corrected chi connectivity index (χ4v) is 3.62. The van der Waals surface area contributed by atoms with Gasteiger partial charge < -0.3 is 10.1 Å². The van der Waals surface area contributed by atoms with Crippen molar-refractivity contribution in [3.63, 3.8) is 0 Å². The van der Waals surface area contributed by atoms with Crippen molar-refractivity contribution in [2.24, 2.45) is 0 Å². The molecule has 10 heteroatoms. The summed E-state index contributed by atoms with van der Waals surface area (Å²) in [7, 11) is 0. The molecule has 0 unspecified atom stereocenters. The van der Waals surface area contributed by atoms with Crippen molar-refractivity contribution in [3.8, 4) is 5.75 Å². The zero-order chi connectivity index (χ0) is 18.7. The van der Waals surface area contributed by atoms with E-state index in [9.17, 15) is 17.6 Å². The molecule has 1 aliphatic heterocycles. The predicted octanol–water partition coefficient (Wildman–Crippen LogP) is 5.33. The zero-order valence-corrected chi connectivity index (χ0v) is 17.7. The summed E-state index contributed by atoms with van der Waals surface area (Å²) in [5.74, 6) is -0.646. The Hall–Kier alpha value is -1.06. The molecule has 3 nitrogen and oxygen atoms in total. The van der Waals surface area contributed by atoms with Gasteiger partial charge in [-0.15, -0.1) is 38.0 Å². The number of hydrogen-bond acceptors (Lipinski definition) is 3. The van der Waals surface area contributed by atoms with Crippen molar-refractivity contribution in [3.05, 3.63) is 63.9 Å². The average Bonchev–Trinajstić information content (AvgIpc) is 2.55. The Labute approximate surface area is 181 Å². The summed E-state index contributed by atoms with van der Waals surface area (Å²) in [6.45, 7) is 3.09. The molecule has 28 heavy (non-hydrogen) atoms. The van der Waals surface area contributed by atoms with Crippen LogP contribution in [-0.2, 0) is 0 Å². The van der Waals surface area contributed by atoms with Gasteiger partial charge in [0.25, 0.3) is 0 Å². The van der Waals surface area contributed by atoms with E-state index >= 15 is 0 Å². The van der Waals surface area contributed by atoms with Gasteiger partial charge in [-0.1, -0.05) is 28.1 Å². The van der Waals surface area contributed by atoms with Gasteiger partial charge >= 0.3 is 6.36 Å². The number of piperazine rings is 1. The van der Waals surface area contributed by atoms with Crippen molar-refractivity contribution >= 4 is 40.7 Å². The highest BCUT2D eigenvalue weighted by molar-refractivity contribution is 9.10.